The summed E-state index contributed by atoms with van der Waals surface area (Å²) >= 11 is 6.38. The van der Waals surface area contributed by atoms with Gasteiger partial charge in [0.15, 0.2) is 5.82 Å². The number of nitrogens with zero attached hydrogens (tertiary/aromatic N) is 3. The second kappa shape index (κ2) is 6.35. The number of fused-ring (bicyclic) bond motifs is 1. The van der Waals surface area contributed by atoms with E-state index in [4.69, 9.17) is 11.6 Å². The summed E-state index contributed by atoms with van der Waals surface area (Å²) in [4.78, 5) is 9.18. The third-order valence-electron chi connectivity index (χ3n) is 4.85. The molecule has 27 heavy (non-hydrogen) atoms. The molecule has 2 aromatic carbocycles. The van der Waals surface area contributed by atoms with E-state index in [1.54, 1.807) is 0 Å². The normalized spacial score (nSPS) is 13.9. The van der Waals surface area contributed by atoms with Crippen LogP contribution in [0.4, 0.5) is 11.6 Å². The molecule has 134 valence electrons. The molecule has 1 fully saturated rings. The Morgan fingerprint density at radius 2 is 1.93 bits per heavy atom. The lowest BCUT2D eigenvalue weighted by Gasteiger charge is -2.10. The number of halogens is 1. The van der Waals surface area contributed by atoms with Gasteiger partial charge in [0.25, 0.3) is 0 Å². The number of anilines is 2. The molecule has 1 aliphatic carbocycles. The Morgan fingerprint density at radius 1 is 1.07 bits per heavy atom. The molecule has 0 saturated heterocycles. The summed E-state index contributed by atoms with van der Waals surface area (Å²) in [6.07, 6.45) is 2.47. The lowest BCUT2D eigenvalue weighted by Crippen LogP contribution is -1.99. The number of aromatic nitrogens is 4. The van der Waals surface area contributed by atoms with Gasteiger partial charge in [0, 0.05) is 33.7 Å². The molecule has 1 aliphatic rings. The zero-order valence-corrected chi connectivity index (χ0v) is 15.6. The third kappa shape index (κ3) is 3.15. The Hall–Kier alpha value is -2.92. The van der Waals surface area contributed by atoms with E-state index < -0.39 is 0 Å². The van der Waals surface area contributed by atoms with Crippen molar-refractivity contribution in [2.24, 2.45) is 0 Å². The number of aryl methyl sites for hydroxylation is 1. The lowest BCUT2D eigenvalue weighted by atomic mass is 10.0. The smallest absolute Gasteiger partial charge is 0.153 e. The Morgan fingerprint density at radius 3 is 2.74 bits per heavy atom. The monoisotopic (exact) mass is 375 g/mol. The van der Waals surface area contributed by atoms with Crippen molar-refractivity contribution in [2.45, 2.75) is 25.7 Å². The van der Waals surface area contributed by atoms with Gasteiger partial charge in [-0.1, -0.05) is 35.9 Å². The van der Waals surface area contributed by atoms with Crippen LogP contribution in [0.15, 0.2) is 48.5 Å². The predicted molar refractivity (Wildman–Crippen MR) is 109 cm³/mol. The fourth-order valence-electron chi connectivity index (χ4n) is 3.33. The average Bonchev–Trinajstić information content (AvgIpc) is 3.41. The molecule has 0 unspecified atom stereocenters. The van der Waals surface area contributed by atoms with Crippen LogP contribution >= 0.6 is 11.6 Å². The van der Waals surface area contributed by atoms with Crippen molar-refractivity contribution in [2.75, 3.05) is 5.32 Å². The van der Waals surface area contributed by atoms with Gasteiger partial charge in [-0.15, -0.1) is 0 Å². The van der Waals surface area contributed by atoms with Gasteiger partial charge in [-0.3, -0.25) is 5.10 Å². The quantitative estimate of drug-likeness (QED) is 0.487. The molecular formula is C21H18ClN5. The van der Waals surface area contributed by atoms with Gasteiger partial charge < -0.3 is 5.32 Å². The largest absolute Gasteiger partial charge is 0.323 e. The molecule has 2 heterocycles. The second-order valence-electron chi connectivity index (χ2n) is 6.94. The number of hydrogen-bond donors (Lipinski definition) is 2. The molecule has 0 atom stereocenters. The first-order valence-electron chi connectivity index (χ1n) is 9.03. The molecule has 5 rings (SSSR count). The molecule has 0 spiro atoms. The summed E-state index contributed by atoms with van der Waals surface area (Å²) in [6.45, 7) is 1.90. The Labute approximate surface area is 161 Å². The van der Waals surface area contributed by atoms with Crippen LogP contribution in [0.1, 0.15) is 30.3 Å². The highest BCUT2D eigenvalue weighted by atomic mass is 35.5. The SMILES string of the molecule is Cc1nc(Nc2cc(C3CC3)[nH]n2)c2cc(-c3ccccc3Cl)ccc2n1. The standard InChI is InChI=1S/C21H18ClN5/c1-12-23-18-9-8-14(15-4-2-3-5-17(15)22)10-16(18)21(24-12)25-20-11-19(26-27-20)13-6-7-13/h2-5,8-11,13H,6-7H2,1H3,(H2,23,24,25,26,27). The van der Waals surface area contributed by atoms with Gasteiger partial charge in [0.1, 0.15) is 11.6 Å². The lowest BCUT2D eigenvalue weighted by molar-refractivity contribution is 0.966. The highest BCUT2D eigenvalue weighted by molar-refractivity contribution is 6.33. The van der Waals surface area contributed by atoms with Crippen molar-refractivity contribution in [1.29, 1.82) is 0 Å². The van der Waals surface area contributed by atoms with E-state index in [9.17, 15) is 0 Å². The van der Waals surface area contributed by atoms with Crippen LogP contribution in [-0.2, 0) is 0 Å². The van der Waals surface area contributed by atoms with E-state index in [0.717, 1.165) is 38.7 Å². The Balaban J connectivity index is 1.59. The summed E-state index contributed by atoms with van der Waals surface area (Å²) < 4.78 is 0. The number of H-pyrrole nitrogens is 1. The molecule has 0 bridgehead atoms. The summed E-state index contributed by atoms with van der Waals surface area (Å²) in [7, 11) is 0. The van der Waals surface area contributed by atoms with Gasteiger partial charge in [-0.25, -0.2) is 9.97 Å². The van der Waals surface area contributed by atoms with Crippen molar-refractivity contribution < 1.29 is 0 Å². The zero-order valence-electron chi connectivity index (χ0n) is 14.8. The third-order valence-corrected chi connectivity index (χ3v) is 5.18. The summed E-state index contributed by atoms with van der Waals surface area (Å²) in [5.74, 6) is 2.87. The first kappa shape index (κ1) is 16.3. The highest BCUT2D eigenvalue weighted by Crippen LogP contribution is 2.40. The number of nitrogens with one attached hydrogen (secondary N) is 2. The molecular weight excluding hydrogens is 358 g/mol. The van der Waals surface area contributed by atoms with Gasteiger partial charge >= 0.3 is 0 Å². The van der Waals surface area contributed by atoms with Gasteiger partial charge in [0.05, 0.1) is 5.52 Å². The van der Waals surface area contributed by atoms with Crippen LogP contribution in [0.5, 0.6) is 0 Å². The van der Waals surface area contributed by atoms with Gasteiger partial charge in [-0.2, -0.15) is 5.10 Å². The molecule has 0 radical (unpaired) electrons. The topological polar surface area (TPSA) is 66.5 Å². The molecule has 4 aromatic rings. The van der Waals surface area contributed by atoms with E-state index in [1.807, 2.05) is 43.3 Å². The Bertz CT molecular complexity index is 1150. The zero-order chi connectivity index (χ0) is 18.4. The van der Waals surface area contributed by atoms with Crippen LogP contribution in [0.3, 0.4) is 0 Å². The van der Waals surface area contributed by atoms with Crippen LogP contribution in [0.25, 0.3) is 22.0 Å². The average molecular weight is 376 g/mol. The number of hydrogen-bond acceptors (Lipinski definition) is 4. The van der Waals surface area contributed by atoms with Crippen molar-refractivity contribution in [1.82, 2.24) is 20.2 Å². The Kier molecular flexibility index (Phi) is 3.83. The second-order valence-corrected chi connectivity index (χ2v) is 7.35. The van der Waals surface area contributed by atoms with Gasteiger partial charge in [-0.05, 0) is 43.5 Å². The molecule has 2 N–H and O–H groups in total. The summed E-state index contributed by atoms with van der Waals surface area (Å²) in [5.41, 5.74) is 4.09. The van der Waals surface area contributed by atoms with Crippen molar-refractivity contribution in [3.8, 4) is 11.1 Å². The maximum absolute atomic E-state index is 6.38. The maximum Gasteiger partial charge on any atom is 0.153 e. The molecule has 0 amide bonds. The van der Waals surface area contributed by atoms with Crippen molar-refractivity contribution >= 4 is 34.1 Å². The molecule has 2 aromatic heterocycles. The number of rotatable bonds is 4. The minimum absolute atomic E-state index is 0.628. The number of aromatic amines is 1. The van der Waals surface area contributed by atoms with E-state index in [-0.39, 0.29) is 0 Å². The minimum Gasteiger partial charge on any atom is -0.323 e. The van der Waals surface area contributed by atoms with Crippen molar-refractivity contribution in [3.63, 3.8) is 0 Å². The van der Waals surface area contributed by atoms with Crippen LogP contribution in [0.2, 0.25) is 5.02 Å². The first-order valence-corrected chi connectivity index (χ1v) is 9.41. The minimum atomic E-state index is 0.628. The molecule has 1 saturated carbocycles. The fourth-order valence-corrected chi connectivity index (χ4v) is 3.57. The van der Waals surface area contributed by atoms with Crippen molar-refractivity contribution in [3.05, 3.63) is 65.1 Å². The summed E-state index contributed by atoms with van der Waals surface area (Å²) in [6, 6.07) is 16.0. The first-order chi connectivity index (χ1) is 13.2. The summed E-state index contributed by atoms with van der Waals surface area (Å²) in [5, 5.41) is 12.5. The van der Waals surface area contributed by atoms with E-state index in [0.29, 0.717) is 11.7 Å². The fraction of sp³-hybridized carbons (Fsp3) is 0.190. The molecule has 0 aliphatic heterocycles. The molecule has 5 nitrogen and oxygen atoms in total. The van der Waals surface area contributed by atoms with Crippen LogP contribution in [0, 0.1) is 6.92 Å². The van der Waals surface area contributed by atoms with Crippen LogP contribution < -0.4 is 5.32 Å². The van der Waals surface area contributed by atoms with E-state index >= 15 is 0 Å². The van der Waals surface area contributed by atoms with Crippen LogP contribution in [-0.4, -0.2) is 20.2 Å². The predicted octanol–water partition coefficient (Wildman–Crippen LogP) is 5.60. The van der Waals surface area contributed by atoms with E-state index in [1.165, 1.54) is 18.5 Å². The van der Waals surface area contributed by atoms with E-state index in [2.05, 4.69) is 37.6 Å². The van der Waals surface area contributed by atoms with Gasteiger partial charge in [0.2, 0.25) is 0 Å². The number of benzene rings is 2. The molecule has 6 heteroatoms. The highest BCUT2D eigenvalue weighted by Gasteiger charge is 2.25. The maximum atomic E-state index is 6.38.